The first-order valence-corrected chi connectivity index (χ1v) is 5.17. The smallest absolute Gasteiger partial charge is 0.405 e. The summed E-state index contributed by atoms with van der Waals surface area (Å²) in [5.74, 6) is -0.840. The topological polar surface area (TPSA) is 64.3 Å². The molecule has 0 aromatic heterocycles. The summed E-state index contributed by atoms with van der Waals surface area (Å²) < 4.78 is 40.4. The number of rotatable bonds is 4. The van der Waals surface area contributed by atoms with Crippen LogP contribution in [0.1, 0.15) is 0 Å². The molecular weight excluding hydrogens is 273 g/mol. The van der Waals surface area contributed by atoms with Crippen molar-refractivity contribution in [3.05, 3.63) is 23.2 Å². The molecule has 3 N–H and O–H groups in total. The zero-order chi connectivity index (χ0) is 13.8. The van der Waals surface area contributed by atoms with Crippen LogP contribution >= 0.6 is 11.6 Å². The van der Waals surface area contributed by atoms with E-state index in [1.807, 2.05) is 0 Å². The van der Waals surface area contributed by atoms with E-state index in [1.165, 1.54) is 12.1 Å². The van der Waals surface area contributed by atoms with E-state index in [-0.39, 0.29) is 16.5 Å². The highest BCUT2D eigenvalue weighted by Crippen LogP contribution is 2.30. The Balaban J connectivity index is 2.48. The van der Waals surface area contributed by atoms with Gasteiger partial charge in [0.15, 0.2) is 12.4 Å². The quantitative estimate of drug-likeness (QED) is 0.830. The maximum absolute atomic E-state index is 11.8. The lowest BCUT2D eigenvalue weighted by Gasteiger charge is -2.11. The van der Waals surface area contributed by atoms with E-state index in [9.17, 15) is 18.0 Å². The molecule has 1 aromatic carbocycles. The number of nitrogen functional groups attached to an aromatic ring is 1. The number of hydrogen-bond donors (Lipinski definition) is 2. The van der Waals surface area contributed by atoms with E-state index in [1.54, 1.807) is 11.4 Å². The normalized spacial score (nSPS) is 11.1. The van der Waals surface area contributed by atoms with Gasteiger partial charge in [-0.15, -0.1) is 0 Å². The second-order valence-electron chi connectivity index (χ2n) is 3.34. The number of carbonyl (C=O) groups is 1. The van der Waals surface area contributed by atoms with E-state index in [2.05, 4.69) is 0 Å². The summed E-state index contributed by atoms with van der Waals surface area (Å²) in [6, 6.07) is 4.56. The maximum atomic E-state index is 11.8. The van der Waals surface area contributed by atoms with Gasteiger partial charge in [-0.05, 0) is 12.1 Å². The average molecular weight is 283 g/mol. The number of anilines is 1. The van der Waals surface area contributed by atoms with Crippen LogP contribution in [0.25, 0.3) is 0 Å². The standard InChI is InChI=1S/C10H10ClF3N2O2/c11-6-2-1-3-7(15)9(6)18-4-8(17)16-5-10(12,13)14/h1-3H,4-5,15H2,(H,16,17). The third-order valence-electron chi connectivity index (χ3n) is 1.83. The summed E-state index contributed by atoms with van der Waals surface area (Å²) in [4.78, 5) is 11.1. The fourth-order valence-electron chi connectivity index (χ4n) is 1.07. The molecule has 0 aliphatic rings. The number of benzene rings is 1. The largest absolute Gasteiger partial charge is 0.480 e. The summed E-state index contributed by atoms with van der Waals surface area (Å²) in [6.45, 7) is -2.00. The van der Waals surface area contributed by atoms with Crippen LogP contribution < -0.4 is 15.8 Å². The molecule has 0 aliphatic heterocycles. The van der Waals surface area contributed by atoms with Gasteiger partial charge in [0.1, 0.15) is 6.54 Å². The Morgan fingerprint density at radius 3 is 2.67 bits per heavy atom. The minimum absolute atomic E-state index is 0.0707. The molecule has 0 fully saturated rings. The predicted molar refractivity (Wildman–Crippen MR) is 60.4 cm³/mol. The minimum Gasteiger partial charge on any atom is -0.480 e. The van der Waals surface area contributed by atoms with Gasteiger partial charge in [-0.2, -0.15) is 13.2 Å². The molecule has 1 rings (SSSR count). The molecule has 18 heavy (non-hydrogen) atoms. The van der Waals surface area contributed by atoms with Crippen molar-refractivity contribution < 1.29 is 22.7 Å². The number of amides is 1. The van der Waals surface area contributed by atoms with Gasteiger partial charge in [0, 0.05) is 0 Å². The van der Waals surface area contributed by atoms with Crippen molar-refractivity contribution in [3.63, 3.8) is 0 Å². The zero-order valence-corrected chi connectivity index (χ0v) is 9.81. The number of para-hydroxylation sites is 1. The van der Waals surface area contributed by atoms with Gasteiger partial charge < -0.3 is 15.8 Å². The number of halogens is 4. The Hall–Kier alpha value is -1.63. The van der Waals surface area contributed by atoms with Crippen LogP contribution in [0, 0.1) is 0 Å². The van der Waals surface area contributed by atoms with Crippen LogP contribution in [0.15, 0.2) is 18.2 Å². The molecule has 0 bridgehead atoms. The molecule has 0 heterocycles. The third kappa shape index (κ3) is 4.70. The zero-order valence-electron chi connectivity index (χ0n) is 9.05. The monoisotopic (exact) mass is 282 g/mol. The molecule has 100 valence electrons. The number of carbonyl (C=O) groups excluding carboxylic acids is 1. The van der Waals surface area contributed by atoms with Crippen LogP contribution in [-0.2, 0) is 4.79 Å². The van der Waals surface area contributed by atoms with Gasteiger partial charge in [-0.1, -0.05) is 17.7 Å². The summed E-state index contributed by atoms with van der Waals surface area (Å²) in [7, 11) is 0. The predicted octanol–water partition coefficient (Wildman–Crippen LogP) is 1.98. The second-order valence-corrected chi connectivity index (χ2v) is 3.75. The molecule has 0 spiro atoms. The first-order chi connectivity index (χ1) is 8.29. The lowest BCUT2D eigenvalue weighted by Crippen LogP contribution is -2.36. The van der Waals surface area contributed by atoms with E-state index in [0.29, 0.717) is 0 Å². The number of nitrogens with one attached hydrogen (secondary N) is 1. The van der Waals surface area contributed by atoms with E-state index >= 15 is 0 Å². The molecular formula is C10H10ClF3N2O2. The van der Waals surface area contributed by atoms with E-state index in [4.69, 9.17) is 22.1 Å². The molecule has 0 saturated heterocycles. The number of nitrogens with two attached hydrogens (primary N) is 1. The molecule has 0 atom stereocenters. The Bertz CT molecular complexity index is 417. The fourth-order valence-corrected chi connectivity index (χ4v) is 1.30. The first-order valence-electron chi connectivity index (χ1n) is 4.80. The average Bonchev–Trinajstić information content (AvgIpc) is 2.25. The van der Waals surface area contributed by atoms with Crippen molar-refractivity contribution in [1.29, 1.82) is 0 Å². The van der Waals surface area contributed by atoms with E-state index in [0.717, 1.165) is 0 Å². The summed E-state index contributed by atoms with van der Waals surface area (Å²) in [5, 5.41) is 1.84. The highest BCUT2D eigenvalue weighted by molar-refractivity contribution is 6.32. The van der Waals surface area contributed by atoms with Crippen molar-refractivity contribution in [3.8, 4) is 5.75 Å². The van der Waals surface area contributed by atoms with Gasteiger partial charge in [0.05, 0.1) is 10.7 Å². The Kier molecular flexibility index (Phi) is 4.66. The summed E-state index contributed by atoms with van der Waals surface area (Å²) in [5.41, 5.74) is 5.73. The SMILES string of the molecule is Nc1cccc(Cl)c1OCC(=O)NCC(F)(F)F. The number of ether oxygens (including phenoxy) is 1. The molecule has 0 unspecified atom stereocenters. The van der Waals surface area contributed by atoms with Gasteiger partial charge >= 0.3 is 6.18 Å². The molecule has 0 radical (unpaired) electrons. The van der Waals surface area contributed by atoms with Crippen LogP contribution in [0.2, 0.25) is 5.02 Å². The molecule has 0 aliphatic carbocycles. The summed E-state index contributed by atoms with van der Waals surface area (Å²) in [6.07, 6.45) is -4.46. The minimum atomic E-state index is -4.46. The van der Waals surface area contributed by atoms with Crippen molar-refractivity contribution in [2.24, 2.45) is 0 Å². The highest BCUT2D eigenvalue weighted by atomic mass is 35.5. The van der Waals surface area contributed by atoms with Crippen LogP contribution in [0.3, 0.4) is 0 Å². The Morgan fingerprint density at radius 1 is 1.44 bits per heavy atom. The number of hydrogen-bond acceptors (Lipinski definition) is 3. The van der Waals surface area contributed by atoms with Crippen molar-refractivity contribution in [2.45, 2.75) is 6.18 Å². The Labute approximate surface area is 106 Å². The number of alkyl halides is 3. The van der Waals surface area contributed by atoms with Crippen molar-refractivity contribution in [1.82, 2.24) is 5.32 Å². The molecule has 1 amide bonds. The van der Waals surface area contributed by atoms with Crippen molar-refractivity contribution in [2.75, 3.05) is 18.9 Å². The molecule has 4 nitrogen and oxygen atoms in total. The lowest BCUT2D eigenvalue weighted by molar-refractivity contribution is -0.139. The van der Waals surface area contributed by atoms with Crippen LogP contribution in [-0.4, -0.2) is 25.2 Å². The summed E-state index contributed by atoms with van der Waals surface area (Å²) >= 11 is 5.75. The van der Waals surface area contributed by atoms with Gasteiger partial charge in [-0.25, -0.2) is 0 Å². The van der Waals surface area contributed by atoms with Crippen LogP contribution in [0.5, 0.6) is 5.75 Å². The van der Waals surface area contributed by atoms with Gasteiger partial charge in [-0.3, -0.25) is 4.79 Å². The molecule has 8 heteroatoms. The van der Waals surface area contributed by atoms with Crippen LogP contribution in [0.4, 0.5) is 18.9 Å². The van der Waals surface area contributed by atoms with Gasteiger partial charge in [0.2, 0.25) is 0 Å². The van der Waals surface area contributed by atoms with Crippen molar-refractivity contribution >= 4 is 23.2 Å². The van der Waals surface area contributed by atoms with Gasteiger partial charge in [0.25, 0.3) is 5.91 Å². The highest BCUT2D eigenvalue weighted by Gasteiger charge is 2.27. The Morgan fingerprint density at radius 2 is 2.11 bits per heavy atom. The first kappa shape index (κ1) is 14.4. The fraction of sp³-hybridized carbons (Fsp3) is 0.300. The molecule has 0 saturated carbocycles. The second kappa shape index (κ2) is 5.81. The third-order valence-corrected chi connectivity index (χ3v) is 2.13. The van der Waals surface area contributed by atoms with E-state index < -0.39 is 25.2 Å². The molecule has 1 aromatic rings. The maximum Gasteiger partial charge on any atom is 0.405 e. The lowest BCUT2D eigenvalue weighted by atomic mass is 10.3.